The smallest absolute Gasteiger partial charge is 0.308 e. The van der Waals surface area contributed by atoms with Crippen molar-refractivity contribution in [1.29, 1.82) is 0 Å². The van der Waals surface area contributed by atoms with E-state index in [-0.39, 0.29) is 5.92 Å². The largest absolute Gasteiger partial charge is 0.481 e. The zero-order chi connectivity index (χ0) is 14.4. The highest BCUT2D eigenvalue weighted by atomic mass is 16.5. The maximum atomic E-state index is 11.1. The average Bonchev–Trinajstić information content (AvgIpc) is 2.33. The highest BCUT2D eigenvalue weighted by molar-refractivity contribution is 5.71. The van der Waals surface area contributed by atoms with E-state index >= 15 is 0 Å². The lowest BCUT2D eigenvalue weighted by atomic mass is 9.96. The third-order valence-corrected chi connectivity index (χ3v) is 2.93. The summed E-state index contributed by atoms with van der Waals surface area (Å²) in [5.74, 6) is -0.0653. The molecule has 6 heteroatoms. The van der Waals surface area contributed by atoms with Crippen LogP contribution in [0.15, 0.2) is 6.33 Å². The normalized spacial score (nSPS) is 12.3. The Balaban J connectivity index is 2.77. The molecule has 1 aromatic rings. The molecule has 0 aromatic carbocycles. The highest BCUT2D eigenvalue weighted by Crippen LogP contribution is 2.21. The molecule has 19 heavy (non-hydrogen) atoms. The summed E-state index contributed by atoms with van der Waals surface area (Å²) in [6, 6.07) is 0. The summed E-state index contributed by atoms with van der Waals surface area (Å²) in [7, 11) is 0. The molecule has 1 heterocycles. The Kier molecular flexibility index (Phi) is 5.54. The first-order chi connectivity index (χ1) is 8.97. The summed E-state index contributed by atoms with van der Waals surface area (Å²) in [5.41, 5.74) is 0.789. The number of nitrogens with one attached hydrogen (secondary N) is 1. The highest BCUT2D eigenvalue weighted by Gasteiger charge is 2.21. The van der Waals surface area contributed by atoms with Gasteiger partial charge in [0.2, 0.25) is 5.88 Å². The van der Waals surface area contributed by atoms with Gasteiger partial charge >= 0.3 is 5.97 Å². The number of carboxylic acid groups (broad SMARTS) is 1. The minimum atomic E-state index is -0.806. The van der Waals surface area contributed by atoms with Crippen molar-refractivity contribution >= 4 is 11.8 Å². The molecule has 106 valence electrons. The number of hydrogen-bond donors (Lipinski definition) is 2. The molecular weight excluding hydrogens is 246 g/mol. The van der Waals surface area contributed by atoms with Crippen LogP contribution in [-0.2, 0) is 4.79 Å². The number of aliphatic carboxylic acids is 1. The Morgan fingerprint density at radius 3 is 2.68 bits per heavy atom. The maximum Gasteiger partial charge on any atom is 0.308 e. The van der Waals surface area contributed by atoms with Crippen LogP contribution in [-0.4, -0.2) is 34.2 Å². The van der Waals surface area contributed by atoms with Gasteiger partial charge in [0.1, 0.15) is 12.1 Å². The van der Waals surface area contributed by atoms with Crippen LogP contribution in [0.25, 0.3) is 0 Å². The predicted molar refractivity (Wildman–Crippen MR) is 72.4 cm³/mol. The van der Waals surface area contributed by atoms with Gasteiger partial charge in [0.15, 0.2) is 0 Å². The maximum absolute atomic E-state index is 11.1. The van der Waals surface area contributed by atoms with Crippen LogP contribution in [0.4, 0.5) is 5.82 Å². The van der Waals surface area contributed by atoms with E-state index in [0.29, 0.717) is 24.8 Å². The summed E-state index contributed by atoms with van der Waals surface area (Å²) >= 11 is 0. The van der Waals surface area contributed by atoms with Gasteiger partial charge in [0.05, 0.1) is 18.1 Å². The van der Waals surface area contributed by atoms with Crippen LogP contribution in [0.2, 0.25) is 0 Å². The zero-order valence-corrected chi connectivity index (χ0v) is 11.8. The Morgan fingerprint density at radius 2 is 2.16 bits per heavy atom. The second kappa shape index (κ2) is 6.92. The number of anilines is 1. The van der Waals surface area contributed by atoms with Crippen LogP contribution in [0.3, 0.4) is 0 Å². The number of rotatable bonds is 7. The van der Waals surface area contributed by atoms with Crippen molar-refractivity contribution in [1.82, 2.24) is 9.97 Å². The standard InChI is InChI=1S/C13H21N3O3/c1-5-19-12-9(4)11(15-7-16-12)14-6-10(8(2)3)13(17)18/h7-8,10H,5-6H2,1-4H3,(H,17,18)(H,14,15,16). The van der Waals surface area contributed by atoms with Gasteiger partial charge in [-0.2, -0.15) is 0 Å². The molecule has 0 aliphatic rings. The summed E-state index contributed by atoms with van der Waals surface area (Å²) in [5, 5.41) is 12.2. The molecule has 0 fully saturated rings. The van der Waals surface area contributed by atoms with Gasteiger partial charge in [-0.3, -0.25) is 4.79 Å². The number of carbonyl (C=O) groups is 1. The number of carboxylic acids is 1. The van der Waals surface area contributed by atoms with Gasteiger partial charge in [0.25, 0.3) is 0 Å². The summed E-state index contributed by atoms with van der Waals surface area (Å²) in [4.78, 5) is 19.3. The van der Waals surface area contributed by atoms with Crippen LogP contribution in [0.5, 0.6) is 5.88 Å². The molecule has 0 aliphatic heterocycles. The molecule has 0 spiro atoms. The van der Waals surface area contributed by atoms with E-state index in [1.807, 2.05) is 27.7 Å². The quantitative estimate of drug-likeness (QED) is 0.785. The molecule has 1 atom stereocenters. The third-order valence-electron chi connectivity index (χ3n) is 2.93. The van der Waals surface area contributed by atoms with Crippen molar-refractivity contribution in [2.24, 2.45) is 11.8 Å². The Bertz CT molecular complexity index is 435. The molecule has 1 unspecified atom stereocenters. The van der Waals surface area contributed by atoms with E-state index in [2.05, 4.69) is 15.3 Å². The molecule has 0 saturated carbocycles. The van der Waals surface area contributed by atoms with E-state index in [0.717, 1.165) is 5.56 Å². The van der Waals surface area contributed by atoms with E-state index in [1.165, 1.54) is 6.33 Å². The summed E-state index contributed by atoms with van der Waals surface area (Å²) in [6.07, 6.45) is 1.41. The zero-order valence-electron chi connectivity index (χ0n) is 11.8. The average molecular weight is 267 g/mol. The molecular formula is C13H21N3O3. The second-order valence-corrected chi connectivity index (χ2v) is 4.66. The lowest BCUT2D eigenvalue weighted by molar-refractivity contribution is -0.142. The minimum absolute atomic E-state index is 0.0542. The van der Waals surface area contributed by atoms with Crippen molar-refractivity contribution in [3.63, 3.8) is 0 Å². The monoisotopic (exact) mass is 267 g/mol. The molecule has 0 bridgehead atoms. The number of hydrogen-bond acceptors (Lipinski definition) is 5. The first kappa shape index (κ1) is 15.2. The second-order valence-electron chi connectivity index (χ2n) is 4.66. The summed E-state index contributed by atoms with van der Waals surface area (Å²) in [6.45, 7) is 8.36. The number of nitrogens with zero attached hydrogens (tertiary/aromatic N) is 2. The Morgan fingerprint density at radius 1 is 1.47 bits per heavy atom. The van der Waals surface area contributed by atoms with Crippen molar-refractivity contribution < 1.29 is 14.6 Å². The minimum Gasteiger partial charge on any atom is -0.481 e. The van der Waals surface area contributed by atoms with Crippen LogP contribution < -0.4 is 10.1 Å². The van der Waals surface area contributed by atoms with Gasteiger partial charge in [-0.05, 0) is 19.8 Å². The van der Waals surface area contributed by atoms with Gasteiger partial charge in [-0.15, -0.1) is 0 Å². The van der Waals surface area contributed by atoms with Gasteiger partial charge in [-0.25, -0.2) is 9.97 Å². The molecule has 1 aromatic heterocycles. The molecule has 2 N–H and O–H groups in total. The van der Waals surface area contributed by atoms with E-state index < -0.39 is 11.9 Å². The Labute approximate surface area is 113 Å². The molecule has 6 nitrogen and oxygen atoms in total. The van der Waals surface area contributed by atoms with Crippen LogP contribution in [0, 0.1) is 18.8 Å². The molecule has 0 aliphatic carbocycles. The van der Waals surface area contributed by atoms with Crippen LogP contribution >= 0.6 is 0 Å². The number of aromatic nitrogens is 2. The SMILES string of the molecule is CCOc1ncnc(NCC(C(=O)O)C(C)C)c1C. The third kappa shape index (κ3) is 4.08. The summed E-state index contributed by atoms with van der Waals surface area (Å²) < 4.78 is 5.37. The first-order valence-corrected chi connectivity index (χ1v) is 6.38. The lowest BCUT2D eigenvalue weighted by Gasteiger charge is -2.18. The van der Waals surface area contributed by atoms with Crippen molar-refractivity contribution in [2.75, 3.05) is 18.5 Å². The van der Waals surface area contributed by atoms with Gasteiger partial charge < -0.3 is 15.2 Å². The van der Waals surface area contributed by atoms with Gasteiger partial charge in [0, 0.05) is 6.54 Å². The van der Waals surface area contributed by atoms with E-state index in [9.17, 15) is 4.79 Å². The van der Waals surface area contributed by atoms with E-state index in [1.54, 1.807) is 0 Å². The number of ether oxygens (including phenoxy) is 1. The fourth-order valence-corrected chi connectivity index (χ4v) is 1.71. The predicted octanol–water partition coefficient (Wildman–Crippen LogP) is 1.95. The fourth-order valence-electron chi connectivity index (χ4n) is 1.71. The van der Waals surface area contributed by atoms with Crippen molar-refractivity contribution in [3.8, 4) is 5.88 Å². The van der Waals surface area contributed by atoms with E-state index in [4.69, 9.17) is 9.84 Å². The Hall–Kier alpha value is -1.85. The van der Waals surface area contributed by atoms with Crippen molar-refractivity contribution in [2.45, 2.75) is 27.7 Å². The van der Waals surface area contributed by atoms with Crippen molar-refractivity contribution in [3.05, 3.63) is 11.9 Å². The molecule has 1 rings (SSSR count). The lowest BCUT2D eigenvalue weighted by Crippen LogP contribution is -2.28. The topological polar surface area (TPSA) is 84.3 Å². The van der Waals surface area contributed by atoms with Gasteiger partial charge in [-0.1, -0.05) is 13.8 Å². The molecule has 0 radical (unpaired) electrons. The fraction of sp³-hybridized carbons (Fsp3) is 0.615. The first-order valence-electron chi connectivity index (χ1n) is 6.38. The van der Waals surface area contributed by atoms with Crippen LogP contribution in [0.1, 0.15) is 26.3 Å². The molecule has 0 amide bonds. The molecule has 0 saturated heterocycles.